The smallest absolute Gasteiger partial charge is 0.361 e. The number of amides is 1. The highest BCUT2D eigenvalue weighted by atomic mass is 19.1. The lowest BCUT2D eigenvalue weighted by Crippen LogP contribution is -2.38. The molecule has 0 bridgehead atoms. The zero-order valence-corrected chi connectivity index (χ0v) is 26.1. The third-order valence-electron chi connectivity index (χ3n) is 8.55. The number of nitrogens with zero attached hydrogens (tertiary/aromatic N) is 5. The number of nitrogens with two attached hydrogens (primary N) is 1. The van der Waals surface area contributed by atoms with Crippen LogP contribution < -0.4 is 16.4 Å². The van der Waals surface area contributed by atoms with Crippen LogP contribution in [0.4, 0.5) is 15.9 Å². The molecule has 2 aliphatic rings. The molecule has 246 valence electrons. The monoisotopic (exact) mass is 642 g/mol. The van der Waals surface area contributed by atoms with Crippen LogP contribution in [0, 0.1) is 5.82 Å². The van der Waals surface area contributed by atoms with Gasteiger partial charge in [-0.3, -0.25) is 9.48 Å². The molecular formula is C34H39FN8O4. The minimum atomic E-state index is -1.33. The first kappa shape index (κ1) is 32.2. The first-order valence-corrected chi connectivity index (χ1v) is 16.0. The predicted molar refractivity (Wildman–Crippen MR) is 174 cm³/mol. The molecule has 0 radical (unpaired) electrons. The van der Waals surface area contributed by atoms with Crippen LogP contribution in [-0.2, 0) is 14.3 Å². The normalized spacial score (nSPS) is 16.9. The SMILES string of the molecule is Nc1ncc(-c2cnn(C3CCN(CCOC4CCNCC4)CC3)c2)nc1C(=O)O[C@@H](C(=O)Nc1ccc(F)cc1)c1ccccc1. The summed E-state index contributed by atoms with van der Waals surface area (Å²) >= 11 is 0. The maximum atomic E-state index is 13.4. The quantitative estimate of drug-likeness (QED) is 0.205. The zero-order chi connectivity index (χ0) is 32.6. The highest BCUT2D eigenvalue weighted by Crippen LogP contribution is 2.27. The number of carbonyl (C=O) groups excluding carboxylic acids is 2. The van der Waals surface area contributed by atoms with Gasteiger partial charge >= 0.3 is 5.97 Å². The van der Waals surface area contributed by atoms with Crippen molar-refractivity contribution in [1.29, 1.82) is 0 Å². The molecule has 6 rings (SSSR count). The van der Waals surface area contributed by atoms with E-state index >= 15 is 0 Å². The number of carbonyl (C=O) groups is 2. The van der Waals surface area contributed by atoms with Crippen molar-refractivity contribution in [3.05, 3.63) is 90.3 Å². The molecule has 12 nitrogen and oxygen atoms in total. The number of esters is 1. The Morgan fingerprint density at radius 2 is 1.77 bits per heavy atom. The van der Waals surface area contributed by atoms with Crippen LogP contribution >= 0.6 is 0 Å². The molecule has 1 atom stereocenters. The number of aromatic nitrogens is 4. The van der Waals surface area contributed by atoms with Crippen LogP contribution in [0.3, 0.4) is 0 Å². The molecule has 0 unspecified atom stereocenters. The molecule has 4 heterocycles. The van der Waals surface area contributed by atoms with Gasteiger partial charge in [-0.2, -0.15) is 5.10 Å². The number of ether oxygens (including phenoxy) is 2. The average Bonchev–Trinajstić information content (AvgIpc) is 3.60. The number of likely N-dealkylation sites (tertiary alicyclic amines) is 1. The molecule has 0 spiro atoms. The Morgan fingerprint density at radius 3 is 2.51 bits per heavy atom. The third-order valence-corrected chi connectivity index (χ3v) is 8.55. The van der Waals surface area contributed by atoms with Crippen LogP contribution in [0.5, 0.6) is 0 Å². The van der Waals surface area contributed by atoms with Gasteiger partial charge in [-0.15, -0.1) is 0 Å². The number of benzene rings is 2. The second kappa shape index (κ2) is 15.2. The number of hydrogen-bond acceptors (Lipinski definition) is 10. The van der Waals surface area contributed by atoms with Gasteiger partial charge in [-0.25, -0.2) is 19.2 Å². The Balaban J connectivity index is 1.09. The first-order chi connectivity index (χ1) is 22.9. The number of anilines is 2. The number of rotatable bonds is 11. The number of halogens is 1. The summed E-state index contributed by atoms with van der Waals surface area (Å²) in [7, 11) is 0. The third kappa shape index (κ3) is 8.36. The Kier molecular flexibility index (Phi) is 10.5. The van der Waals surface area contributed by atoms with E-state index in [1.165, 1.54) is 30.5 Å². The van der Waals surface area contributed by atoms with Crippen molar-refractivity contribution in [2.24, 2.45) is 0 Å². The lowest BCUT2D eigenvalue weighted by atomic mass is 10.1. The minimum Gasteiger partial charge on any atom is -0.442 e. The van der Waals surface area contributed by atoms with Crippen molar-refractivity contribution < 1.29 is 23.5 Å². The molecule has 0 aliphatic carbocycles. The van der Waals surface area contributed by atoms with E-state index < -0.39 is 23.8 Å². The summed E-state index contributed by atoms with van der Waals surface area (Å²) in [4.78, 5) is 37.8. The highest BCUT2D eigenvalue weighted by Gasteiger charge is 2.29. The fourth-order valence-electron chi connectivity index (χ4n) is 5.88. The van der Waals surface area contributed by atoms with Crippen molar-refractivity contribution in [1.82, 2.24) is 30.0 Å². The first-order valence-electron chi connectivity index (χ1n) is 16.0. The van der Waals surface area contributed by atoms with Crippen molar-refractivity contribution in [3.63, 3.8) is 0 Å². The summed E-state index contributed by atoms with van der Waals surface area (Å²) in [5.74, 6) is -2.11. The van der Waals surface area contributed by atoms with E-state index in [2.05, 4.69) is 30.6 Å². The van der Waals surface area contributed by atoms with Crippen LogP contribution in [0.15, 0.2) is 73.2 Å². The molecule has 13 heteroatoms. The highest BCUT2D eigenvalue weighted by molar-refractivity contribution is 5.99. The Labute approximate surface area is 272 Å². The number of hydrogen-bond donors (Lipinski definition) is 3. The molecule has 47 heavy (non-hydrogen) atoms. The molecule has 4 aromatic rings. The fourth-order valence-corrected chi connectivity index (χ4v) is 5.88. The molecule has 2 aromatic heterocycles. The summed E-state index contributed by atoms with van der Waals surface area (Å²) in [5, 5.41) is 10.6. The number of nitrogens with one attached hydrogen (secondary N) is 2. The lowest BCUT2D eigenvalue weighted by Gasteiger charge is -2.32. The van der Waals surface area contributed by atoms with E-state index in [1.54, 1.807) is 36.5 Å². The van der Waals surface area contributed by atoms with Gasteiger partial charge in [0.2, 0.25) is 6.10 Å². The molecule has 1 amide bonds. The molecule has 2 aliphatic heterocycles. The van der Waals surface area contributed by atoms with Gasteiger partial charge in [-0.05, 0) is 63.0 Å². The summed E-state index contributed by atoms with van der Waals surface area (Å²) in [5.41, 5.74) is 7.70. The van der Waals surface area contributed by atoms with Gasteiger partial charge in [0.25, 0.3) is 5.91 Å². The van der Waals surface area contributed by atoms with E-state index in [9.17, 15) is 14.0 Å². The second-order valence-corrected chi connectivity index (χ2v) is 11.8. The van der Waals surface area contributed by atoms with Crippen LogP contribution in [0.2, 0.25) is 0 Å². The van der Waals surface area contributed by atoms with Gasteiger partial charge in [-0.1, -0.05) is 30.3 Å². The van der Waals surface area contributed by atoms with Crippen molar-refractivity contribution in [3.8, 4) is 11.3 Å². The van der Waals surface area contributed by atoms with E-state index in [0.29, 0.717) is 28.6 Å². The molecule has 2 fully saturated rings. The summed E-state index contributed by atoms with van der Waals surface area (Å²) in [6.45, 7) is 5.67. The van der Waals surface area contributed by atoms with E-state index in [4.69, 9.17) is 15.2 Å². The maximum Gasteiger partial charge on any atom is 0.361 e. The van der Waals surface area contributed by atoms with E-state index in [1.807, 2.05) is 10.9 Å². The van der Waals surface area contributed by atoms with Gasteiger partial charge in [0.05, 0.1) is 36.8 Å². The predicted octanol–water partition coefficient (Wildman–Crippen LogP) is 4.00. The Hall–Kier alpha value is -4.72. The minimum absolute atomic E-state index is 0.131. The number of piperidine rings is 2. The molecule has 4 N–H and O–H groups in total. The largest absolute Gasteiger partial charge is 0.442 e. The van der Waals surface area contributed by atoms with Gasteiger partial charge in [0.15, 0.2) is 11.5 Å². The zero-order valence-electron chi connectivity index (χ0n) is 26.1. The van der Waals surface area contributed by atoms with Crippen molar-refractivity contribution in [2.75, 3.05) is 50.4 Å². The Bertz CT molecular complexity index is 1640. The summed E-state index contributed by atoms with van der Waals surface area (Å²) < 4.78 is 27.1. The molecular weight excluding hydrogens is 603 g/mol. The van der Waals surface area contributed by atoms with E-state index in [-0.39, 0.29) is 17.6 Å². The standard InChI is InChI=1S/C34H39FN8O4/c35-25-6-8-26(9-7-25)40-33(44)31(23-4-2-1-3-5-23)47-34(45)30-32(36)38-21-29(41-30)24-20-39-43(22-24)27-12-16-42(17-13-27)18-19-46-28-10-14-37-15-11-28/h1-9,20-22,27-28,31,37H,10-19H2,(H2,36,38)(H,40,44)/t31-/m1/s1. The lowest BCUT2D eigenvalue weighted by molar-refractivity contribution is -0.125. The van der Waals surface area contributed by atoms with Gasteiger partial charge in [0, 0.05) is 42.6 Å². The maximum absolute atomic E-state index is 13.4. The molecule has 0 saturated carbocycles. The van der Waals surface area contributed by atoms with Gasteiger partial charge in [0.1, 0.15) is 5.82 Å². The summed E-state index contributed by atoms with van der Waals surface area (Å²) in [6.07, 6.45) is 8.19. The average molecular weight is 643 g/mol. The second-order valence-electron chi connectivity index (χ2n) is 11.8. The molecule has 2 aromatic carbocycles. The van der Waals surface area contributed by atoms with E-state index in [0.717, 1.165) is 65.0 Å². The van der Waals surface area contributed by atoms with Crippen LogP contribution in [-0.4, -0.2) is 82.0 Å². The van der Waals surface area contributed by atoms with Crippen molar-refractivity contribution >= 4 is 23.4 Å². The molecule has 2 saturated heterocycles. The number of nitrogen functional groups attached to an aromatic ring is 1. The van der Waals surface area contributed by atoms with Crippen molar-refractivity contribution in [2.45, 2.75) is 43.9 Å². The summed E-state index contributed by atoms with van der Waals surface area (Å²) in [6, 6.07) is 14.1. The fraction of sp³-hybridized carbons (Fsp3) is 0.382. The Morgan fingerprint density at radius 1 is 1.02 bits per heavy atom. The van der Waals surface area contributed by atoms with Crippen LogP contribution in [0.25, 0.3) is 11.3 Å². The van der Waals surface area contributed by atoms with Crippen LogP contribution in [0.1, 0.15) is 53.9 Å². The van der Waals surface area contributed by atoms with Gasteiger partial charge < -0.3 is 30.7 Å². The topological polar surface area (TPSA) is 150 Å².